The molecular weight excluding hydrogens is 306 g/mol. The van der Waals surface area contributed by atoms with Gasteiger partial charge in [-0.1, -0.05) is 11.6 Å². The average Bonchev–Trinajstić information content (AvgIpc) is 2.49. The lowest BCUT2D eigenvalue weighted by molar-refractivity contribution is -0.128. The molecule has 0 saturated heterocycles. The first kappa shape index (κ1) is 18.3. The van der Waals surface area contributed by atoms with Gasteiger partial charge in [0.15, 0.2) is 0 Å². The van der Waals surface area contributed by atoms with Crippen molar-refractivity contribution < 1.29 is 14.3 Å². The predicted octanol–water partition coefficient (Wildman–Crippen LogP) is 1.28. The summed E-state index contributed by atoms with van der Waals surface area (Å²) in [6.45, 7) is 1.08. The van der Waals surface area contributed by atoms with Crippen LogP contribution in [0.15, 0.2) is 18.2 Å². The minimum absolute atomic E-state index is 0.0315. The van der Waals surface area contributed by atoms with Crippen LogP contribution < -0.4 is 15.8 Å². The van der Waals surface area contributed by atoms with Crippen molar-refractivity contribution in [2.45, 2.75) is 12.8 Å². The van der Waals surface area contributed by atoms with Crippen molar-refractivity contribution in [1.82, 2.24) is 10.2 Å². The van der Waals surface area contributed by atoms with Crippen molar-refractivity contribution in [3.05, 3.63) is 28.8 Å². The van der Waals surface area contributed by atoms with Gasteiger partial charge in [0.2, 0.25) is 5.91 Å². The van der Waals surface area contributed by atoms with Crippen LogP contribution in [0.4, 0.5) is 0 Å². The molecule has 22 heavy (non-hydrogen) atoms. The SMILES string of the molecule is CN(C)C(=O)CCCNC(=O)c1cc(Cl)ccc1OCCN. The third-order valence-electron chi connectivity index (χ3n) is 2.91. The van der Waals surface area contributed by atoms with Crippen LogP contribution in [0.25, 0.3) is 0 Å². The first-order chi connectivity index (χ1) is 10.5. The van der Waals surface area contributed by atoms with E-state index in [1.807, 2.05) is 0 Å². The molecular formula is C15H22ClN3O3. The van der Waals surface area contributed by atoms with Gasteiger partial charge >= 0.3 is 0 Å². The first-order valence-corrected chi connectivity index (χ1v) is 7.44. The minimum Gasteiger partial charge on any atom is -0.491 e. The number of ether oxygens (including phenoxy) is 1. The van der Waals surface area contributed by atoms with Crippen molar-refractivity contribution in [3.8, 4) is 5.75 Å². The van der Waals surface area contributed by atoms with Gasteiger partial charge in [0.05, 0.1) is 5.56 Å². The molecule has 0 aliphatic carbocycles. The molecule has 0 aliphatic rings. The smallest absolute Gasteiger partial charge is 0.255 e. The molecule has 0 fully saturated rings. The first-order valence-electron chi connectivity index (χ1n) is 7.06. The maximum Gasteiger partial charge on any atom is 0.255 e. The third kappa shape index (κ3) is 5.91. The summed E-state index contributed by atoms with van der Waals surface area (Å²) in [5, 5.41) is 3.21. The standard InChI is InChI=1S/C15H22ClN3O3/c1-19(2)14(20)4-3-8-18-15(21)12-10-11(16)5-6-13(12)22-9-7-17/h5-6,10H,3-4,7-9,17H2,1-2H3,(H,18,21). The lowest BCUT2D eigenvalue weighted by Gasteiger charge is -2.12. The van der Waals surface area contributed by atoms with E-state index in [0.717, 1.165) is 0 Å². The molecule has 0 aliphatic heterocycles. The van der Waals surface area contributed by atoms with E-state index in [2.05, 4.69) is 5.32 Å². The van der Waals surface area contributed by atoms with Crippen LogP contribution in [0.1, 0.15) is 23.2 Å². The zero-order valence-corrected chi connectivity index (χ0v) is 13.7. The van der Waals surface area contributed by atoms with Gasteiger partial charge in [-0.05, 0) is 24.6 Å². The van der Waals surface area contributed by atoms with Gasteiger partial charge in [-0.2, -0.15) is 0 Å². The van der Waals surface area contributed by atoms with E-state index in [9.17, 15) is 9.59 Å². The summed E-state index contributed by atoms with van der Waals surface area (Å²) in [5.41, 5.74) is 5.76. The van der Waals surface area contributed by atoms with Crippen molar-refractivity contribution >= 4 is 23.4 Å². The molecule has 1 aromatic carbocycles. The number of amides is 2. The zero-order chi connectivity index (χ0) is 16.5. The molecule has 0 aromatic heterocycles. The van der Waals surface area contributed by atoms with Gasteiger partial charge in [0.25, 0.3) is 5.91 Å². The number of nitrogens with one attached hydrogen (secondary N) is 1. The summed E-state index contributed by atoms with van der Waals surface area (Å²) in [6, 6.07) is 4.84. The Morgan fingerprint density at radius 3 is 2.73 bits per heavy atom. The maximum absolute atomic E-state index is 12.2. The molecule has 122 valence electrons. The number of carbonyl (C=O) groups is 2. The van der Waals surface area contributed by atoms with E-state index in [-0.39, 0.29) is 11.8 Å². The highest BCUT2D eigenvalue weighted by atomic mass is 35.5. The van der Waals surface area contributed by atoms with Gasteiger partial charge in [-0.15, -0.1) is 0 Å². The van der Waals surface area contributed by atoms with Gasteiger partial charge in [0, 0.05) is 38.6 Å². The van der Waals surface area contributed by atoms with E-state index in [4.69, 9.17) is 22.1 Å². The predicted molar refractivity (Wildman–Crippen MR) is 86.3 cm³/mol. The van der Waals surface area contributed by atoms with E-state index in [1.54, 1.807) is 32.3 Å². The lowest BCUT2D eigenvalue weighted by Crippen LogP contribution is -2.27. The molecule has 1 rings (SSSR count). The lowest BCUT2D eigenvalue weighted by atomic mass is 10.2. The number of hydrogen-bond donors (Lipinski definition) is 2. The van der Waals surface area contributed by atoms with Gasteiger partial charge in [0.1, 0.15) is 12.4 Å². The Hall–Kier alpha value is -1.79. The number of nitrogens with zero attached hydrogens (tertiary/aromatic N) is 1. The molecule has 0 radical (unpaired) electrons. The molecule has 6 nitrogen and oxygen atoms in total. The largest absolute Gasteiger partial charge is 0.491 e. The molecule has 0 saturated carbocycles. The van der Waals surface area contributed by atoms with E-state index in [1.165, 1.54) is 4.90 Å². The third-order valence-corrected chi connectivity index (χ3v) is 3.15. The van der Waals surface area contributed by atoms with E-state index in [0.29, 0.717) is 48.9 Å². The fourth-order valence-electron chi connectivity index (χ4n) is 1.73. The van der Waals surface area contributed by atoms with Crippen LogP contribution in [-0.4, -0.2) is 50.5 Å². The quantitative estimate of drug-likeness (QED) is 0.704. The number of rotatable bonds is 8. The van der Waals surface area contributed by atoms with Crippen molar-refractivity contribution in [3.63, 3.8) is 0 Å². The number of hydrogen-bond acceptors (Lipinski definition) is 4. The summed E-state index contributed by atoms with van der Waals surface area (Å²) < 4.78 is 5.43. The fraction of sp³-hybridized carbons (Fsp3) is 0.467. The molecule has 0 unspecified atom stereocenters. The van der Waals surface area contributed by atoms with Gasteiger partial charge in [-0.3, -0.25) is 9.59 Å². The van der Waals surface area contributed by atoms with Crippen LogP contribution >= 0.6 is 11.6 Å². The van der Waals surface area contributed by atoms with Crippen LogP contribution in [0.2, 0.25) is 5.02 Å². The normalized spacial score (nSPS) is 10.2. The summed E-state index contributed by atoms with van der Waals surface area (Å²) in [5.74, 6) is 0.188. The maximum atomic E-state index is 12.2. The highest BCUT2D eigenvalue weighted by Crippen LogP contribution is 2.22. The number of nitrogens with two attached hydrogens (primary N) is 1. The number of halogens is 1. The molecule has 7 heteroatoms. The Balaban J connectivity index is 2.57. The number of carbonyl (C=O) groups excluding carboxylic acids is 2. The molecule has 0 atom stereocenters. The van der Waals surface area contributed by atoms with Gasteiger partial charge in [-0.25, -0.2) is 0 Å². The van der Waals surface area contributed by atoms with Gasteiger partial charge < -0.3 is 20.7 Å². The minimum atomic E-state index is -0.285. The molecule has 1 aromatic rings. The topological polar surface area (TPSA) is 84.7 Å². The second kappa shape index (κ2) is 9.27. The van der Waals surface area contributed by atoms with Crippen LogP contribution in [0.3, 0.4) is 0 Å². The summed E-state index contributed by atoms with van der Waals surface area (Å²) in [4.78, 5) is 25.1. The molecule has 0 heterocycles. The summed E-state index contributed by atoms with van der Waals surface area (Å²) >= 11 is 5.92. The van der Waals surface area contributed by atoms with Crippen molar-refractivity contribution in [2.24, 2.45) is 5.73 Å². The Kier molecular flexibility index (Phi) is 7.70. The van der Waals surface area contributed by atoms with Crippen LogP contribution in [0.5, 0.6) is 5.75 Å². The van der Waals surface area contributed by atoms with E-state index < -0.39 is 0 Å². The summed E-state index contributed by atoms with van der Waals surface area (Å²) in [6.07, 6.45) is 0.960. The Bertz CT molecular complexity index is 521. The second-order valence-electron chi connectivity index (χ2n) is 4.93. The Morgan fingerprint density at radius 2 is 2.09 bits per heavy atom. The summed E-state index contributed by atoms with van der Waals surface area (Å²) in [7, 11) is 3.40. The van der Waals surface area contributed by atoms with Crippen molar-refractivity contribution in [2.75, 3.05) is 33.8 Å². The molecule has 2 amide bonds. The highest BCUT2D eigenvalue weighted by Gasteiger charge is 2.13. The van der Waals surface area contributed by atoms with Crippen molar-refractivity contribution in [1.29, 1.82) is 0 Å². The number of benzene rings is 1. The van der Waals surface area contributed by atoms with Crippen LogP contribution in [0, 0.1) is 0 Å². The molecule has 0 spiro atoms. The molecule has 3 N–H and O–H groups in total. The van der Waals surface area contributed by atoms with Crippen LogP contribution in [-0.2, 0) is 4.79 Å². The highest BCUT2D eigenvalue weighted by molar-refractivity contribution is 6.31. The molecule has 0 bridgehead atoms. The second-order valence-corrected chi connectivity index (χ2v) is 5.36. The Labute approximate surface area is 135 Å². The van der Waals surface area contributed by atoms with E-state index >= 15 is 0 Å². The Morgan fingerprint density at radius 1 is 1.36 bits per heavy atom. The zero-order valence-electron chi connectivity index (χ0n) is 12.9. The average molecular weight is 328 g/mol. The fourth-order valence-corrected chi connectivity index (χ4v) is 1.91. The monoisotopic (exact) mass is 327 g/mol.